The first-order chi connectivity index (χ1) is 12.2. The molecule has 0 aliphatic carbocycles. The zero-order chi connectivity index (χ0) is 17.6. The van der Waals surface area contributed by atoms with Crippen LogP contribution in [0.1, 0.15) is 31.2 Å². The number of carbonyl (C=O) groups excluding carboxylic acids is 2. The summed E-state index contributed by atoms with van der Waals surface area (Å²) >= 11 is 0. The van der Waals surface area contributed by atoms with Gasteiger partial charge in [0.2, 0.25) is 11.8 Å². The van der Waals surface area contributed by atoms with Gasteiger partial charge in [-0.1, -0.05) is 0 Å². The summed E-state index contributed by atoms with van der Waals surface area (Å²) in [5, 5.41) is 11.7. The molecule has 2 aliphatic heterocycles. The van der Waals surface area contributed by atoms with Crippen LogP contribution in [0.2, 0.25) is 0 Å². The van der Waals surface area contributed by atoms with Gasteiger partial charge in [0, 0.05) is 26.6 Å². The van der Waals surface area contributed by atoms with E-state index in [0.717, 1.165) is 12.8 Å². The van der Waals surface area contributed by atoms with E-state index >= 15 is 0 Å². The number of hydrogen-bond donors (Lipinski definition) is 0. The molecule has 0 bridgehead atoms. The van der Waals surface area contributed by atoms with Gasteiger partial charge < -0.3 is 19.3 Å². The van der Waals surface area contributed by atoms with Gasteiger partial charge in [0.1, 0.15) is 6.10 Å². The van der Waals surface area contributed by atoms with Crippen molar-refractivity contribution in [1.29, 1.82) is 0 Å². The Hall–Kier alpha value is -2.07. The van der Waals surface area contributed by atoms with Crippen LogP contribution in [-0.4, -0.2) is 88.3 Å². The number of morpholine rings is 1. The number of tetrazole rings is 1. The number of amides is 2. The molecule has 2 aliphatic rings. The molecular formula is C15H24N6O4. The quantitative estimate of drug-likeness (QED) is 0.662. The molecule has 138 valence electrons. The molecule has 10 heteroatoms. The van der Waals surface area contributed by atoms with Crippen LogP contribution in [0.5, 0.6) is 0 Å². The third-order valence-corrected chi connectivity index (χ3v) is 4.52. The Morgan fingerprint density at radius 1 is 1.36 bits per heavy atom. The van der Waals surface area contributed by atoms with Gasteiger partial charge in [-0.3, -0.25) is 9.59 Å². The zero-order valence-electron chi connectivity index (χ0n) is 14.5. The molecule has 2 saturated heterocycles. The largest absolute Gasteiger partial charge is 0.383 e. The highest BCUT2D eigenvalue weighted by Crippen LogP contribution is 2.20. The number of methoxy groups -OCH3 is 1. The van der Waals surface area contributed by atoms with E-state index < -0.39 is 0 Å². The molecule has 0 spiro atoms. The van der Waals surface area contributed by atoms with Crippen molar-refractivity contribution < 1.29 is 19.1 Å². The molecular weight excluding hydrogens is 328 g/mol. The van der Waals surface area contributed by atoms with Crippen LogP contribution in [-0.2, 0) is 25.6 Å². The van der Waals surface area contributed by atoms with Gasteiger partial charge in [-0.15, -0.1) is 5.10 Å². The first-order valence-corrected chi connectivity index (χ1v) is 8.61. The van der Waals surface area contributed by atoms with Crippen LogP contribution in [0.4, 0.5) is 0 Å². The molecule has 0 N–H and O–H groups in total. The fourth-order valence-corrected chi connectivity index (χ4v) is 3.10. The summed E-state index contributed by atoms with van der Waals surface area (Å²) < 4.78 is 12.4. The Bertz CT molecular complexity index is 607. The van der Waals surface area contributed by atoms with Gasteiger partial charge >= 0.3 is 0 Å². The molecule has 1 aromatic heterocycles. The summed E-state index contributed by atoms with van der Waals surface area (Å²) in [6.07, 6.45) is 2.03. The maximum atomic E-state index is 12.6. The van der Waals surface area contributed by atoms with Crippen molar-refractivity contribution in [2.75, 3.05) is 46.5 Å². The molecule has 3 rings (SSSR count). The standard InChI is InChI=1S/C15H24N6O4/c1-24-8-7-21-15(16-17-18-21)12-10-20(6-9-25-12)14(23)11-19-5-3-2-4-13(19)22/h12H,2-11H2,1H3/t12-/m1/s1. The molecule has 0 saturated carbocycles. The predicted octanol–water partition coefficient (Wildman–Crippen LogP) is -0.768. The fraction of sp³-hybridized carbons (Fsp3) is 0.800. The van der Waals surface area contributed by atoms with Crippen LogP contribution in [0.15, 0.2) is 0 Å². The second-order valence-corrected chi connectivity index (χ2v) is 6.22. The predicted molar refractivity (Wildman–Crippen MR) is 85.4 cm³/mol. The minimum absolute atomic E-state index is 0.0560. The molecule has 25 heavy (non-hydrogen) atoms. The molecule has 0 radical (unpaired) electrons. The van der Waals surface area contributed by atoms with E-state index in [-0.39, 0.29) is 24.5 Å². The van der Waals surface area contributed by atoms with E-state index in [1.165, 1.54) is 0 Å². The highest BCUT2D eigenvalue weighted by atomic mass is 16.5. The lowest BCUT2D eigenvalue weighted by molar-refractivity contribution is -0.146. The van der Waals surface area contributed by atoms with Crippen molar-refractivity contribution in [1.82, 2.24) is 30.0 Å². The smallest absolute Gasteiger partial charge is 0.242 e. The van der Waals surface area contributed by atoms with Crippen molar-refractivity contribution in [2.24, 2.45) is 0 Å². The van der Waals surface area contributed by atoms with Crippen LogP contribution in [0, 0.1) is 0 Å². The van der Waals surface area contributed by atoms with Gasteiger partial charge in [-0.05, 0) is 23.3 Å². The summed E-state index contributed by atoms with van der Waals surface area (Å²) in [7, 11) is 1.61. The lowest BCUT2D eigenvalue weighted by Crippen LogP contribution is -2.49. The molecule has 1 atom stereocenters. The molecule has 1 aromatic rings. The zero-order valence-corrected chi connectivity index (χ0v) is 14.5. The Morgan fingerprint density at radius 3 is 3.04 bits per heavy atom. The summed E-state index contributed by atoms with van der Waals surface area (Å²) in [4.78, 5) is 27.9. The van der Waals surface area contributed by atoms with Crippen LogP contribution in [0.25, 0.3) is 0 Å². The van der Waals surface area contributed by atoms with Crippen molar-refractivity contribution in [3.8, 4) is 0 Å². The normalized spacial score (nSPS) is 21.6. The number of aromatic nitrogens is 4. The van der Waals surface area contributed by atoms with E-state index in [0.29, 0.717) is 51.6 Å². The van der Waals surface area contributed by atoms with Gasteiger partial charge in [0.05, 0.1) is 32.8 Å². The van der Waals surface area contributed by atoms with E-state index in [1.807, 2.05) is 0 Å². The van der Waals surface area contributed by atoms with Crippen LogP contribution >= 0.6 is 0 Å². The lowest BCUT2D eigenvalue weighted by Gasteiger charge is -2.34. The van der Waals surface area contributed by atoms with Crippen LogP contribution < -0.4 is 0 Å². The average molecular weight is 352 g/mol. The highest BCUT2D eigenvalue weighted by Gasteiger charge is 2.31. The summed E-state index contributed by atoms with van der Waals surface area (Å²) in [5.41, 5.74) is 0. The molecule has 0 aromatic carbocycles. The number of hydrogen-bond acceptors (Lipinski definition) is 7. The third-order valence-electron chi connectivity index (χ3n) is 4.52. The molecule has 2 fully saturated rings. The maximum Gasteiger partial charge on any atom is 0.242 e. The van der Waals surface area contributed by atoms with E-state index in [2.05, 4.69) is 15.5 Å². The summed E-state index contributed by atoms with van der Waals surface area (Å²) in [5.74, 6) is 0.594. The SMILES string of the molecule is COCCn1nnnc1[C@H]1CN(C(=O)CN2CCCCC2=O)CCO1. The molecule has 2 amide bonds. The van der Waals surface area contributed by atoms with E-state index in [1.54, 1.807) is 21.6 Å². The van der Waals surface area contributed by atoms with Gasteiger partial charge in [0.15, 0.2) is 5.82 Å². The minimum Gasteiger partial charge on any atom is -0.383 e. The van der Waals surface area contributed by atoms with Gasteiger partial charge in [0.25, 0.3) is 0 Å². The topological polar surface area (TPSA) is 103 Å². The number of carbonyl (C=O) groups is 2. The number of likely N-dealkylation sites (tertiary alicyclic amines) is 1. The average Bonchev–Trinajstić information content (AvgIpc) is 3.10. The Kier molecular flexibility index (Phi) is 5.92. The number of nitrogens with zero attached hydrogens (tertiary/aromatic N) is 6. The monoisotopic (exact) mass is 352 g/mol. The maximum absolute atomic E-state index is 12.6. The van der Waals surface area contributed by atoms with E-state index in [4.69, 9.17) is 9.47 Å². The van der Waals surface area contributed by atoms with Crippen molar-refractivity contribution in [3.63, 3.8) is 0 Å². The Morgan fingerprint density at radius 2 is 2.24 bits per heavy atom. The van der Waals surface area contributed by atoms with Crippen molar-refractivity contribution in [3.05, 3.63) is 5.82 Å². The second kappa shape index (κ2) is 8.34. The van der Waals surface area contributed by atoms with Gasteiger partial charge in [-0.25, -0.2) is 4.68 Å². The number of rotatable bonds is 6. The van der Waals surface area contributed by atoms with Crippen molar-refractivity contribution >= 4 is 11.8 Å². The molecule has 10 nitrogen and oxygen atoms in total. The Labute approximate surface area is 146 Å². The first-order valence-electron chi connectivity index (χ1n) is 8.61. The Balaban J connectivity index is 1.60. The van der Waals surface area contributed by atoms with Gasteiger partial charge in [-0.2, -0.15) is 0 Å². The van der Waals surface area contributed by atoms with E-state index in [9.17, 15) is 9.59 Å². The molecule has 0 unspecified atom stereocenters. The molecule has 3 heterocycles. The number of ether oxygens (including phenoxy) is 2. The highest BCUT2D eigenvalue weighted by molar-refractivity contribution is 5.85. The summed E-state index contributed by atoms with van der Waals surface area (Å²) in [6, 6.07) is 0. The fourth-order valence-electron chi connectivity index (χ4n) is 3.10. The van der Waals surface area contributed by atoms with Crippen LogP contribution in [0.3, 0.4) is 0 Å². The second-order valence-electron chi connectivity index (χ2n) is 6.22. The number of piperidine rings is 1. The van der Waals surface area contributed by atoms with Crippen molar-refractivity contribution in [2.45, 2.75) is 31.9 Å². The summed E-state index contributed by atoms with van der Waals surface area (Å²) in [6.45, 7) is 3.12. The first kappa shape index (κ1) is 17.7. The third kappa shape index (κ3) is 4.31. The lowest BCUT2D eigenvalue weighted by atomic mass is 10.1. The minimum atomic E-state index is -0.374.